The molecule has 1 aliphatic rings. The van der Waals surface area contributed by atoms with Crippen molar-refractivity contribution < 1.29 is 18.3 Å². The lowest BCUT2D eigenvalue weighted by Crippen LogP contribution is -2.44. The minimum Gasteiger partial charge on any atom is -0.435 e. The highest BCUT2D eigenvalue weighted by molar-refractivity contribution is 7.99. The standard InChI is InChI=1S/C15H20F2N2O2S/c1-19(12-7-9-22-10-12)15(20)18-8-6-11-4-2-3-5-13(11)21-14(16)17/h2-5,12,14H,6-10H2,1H3,(H,18,20). The van der Waals surface area contributed by atoms with Gasteiger partial charge in [-0.15, -0.1) is 0 Å². The van der Waals surface area contributed by atoms with Gasteiger partial charge in [0.1, 0.15) is 5.75 Å². The molecule has 1 unspecified atom stereocenters. The summed E-state index contributed by atoms with van der Waals surface area (Å²) in [4.78, 5) is 13.8. The summed E-state index contributed by atoms with van der Waals surface area (Å²) in [5, 5.41) is 2.82. The number of rotatable bonds is 6. The highest BCUT2D eigenvalue weighted by Gasteiger charge is 2.23. The highest BCUT2D eigenvalue weighted by Crippen LogP contribution is 2.22. The number of halogens is 2. The van der Waals surface area contributed by atoms with E-state index in [0.29, 0.717) is 18.5 Å². The van der Waals surface area contributed by atoms with Crippen LogP contribution in [0.25, 0.3) is 0 Å². The summed E-state index contributed by atoms with van der Waals surface area (Å²) < 4.78 is 29.1. The third-order valence-electron chi connectivity index (χ3n) is 3.63. The first-order valence-corrected chi connectivity index (χ1v) is 8.34. The van der Waals surface area contributed by atoms with E-state index >= 15 is 0 Å². The predicted molar refractivity (Wildman–Crippen MR) is 83.7 cm³/mol. The van der Waals surface area contributed by atoms with E-state index in [4.69, 9.17) is 0 Å². The Morgan fingerprint density at radius 2 is 2.27 bits per heavy atom. The maximum Gasteiger partial charge on any atom is 0.387 e. The van der Waals surface area contributed by atoms with Crippen LogP contribution in [0, 0.1) is 0 Å². The maximum absolute atomic E-state index is 12.3. The van der Waals surface area contributed by atoms with Gasteiger partial charge in [0.05, 0.1) is 0 Å². The third-order valence-corrected chi connectivity index (χ3v) is 4.78. The van der Waals surface area contributed by atoms with Crippen molar-refractivity contribution in [2.24, 2.45) is 0 Å². The van der Waals surface area contributed by atoms with E-state index < -0.39 is 6.61 Å². The van der Waals surface area contributed by atoms with Crippen LogP contribution in [0.4, 0.5) is 13.6 Å². The molecule has 122 valence electrons. The normalized spacial score (nSPS) is 17.5. The van der Waals surface area contributed by atoms with Crippen LogP contribution in [0.5, 0.6) is 5.75 Å². The van der Waals surface area contributed by atoms with Gasteiger partial charge in [-0.1, -0.05) is 18.2 Å². The number of thioether (sulfide) groups is 1. The van der Waals surface area contributed by atoms with E-state index in [1.807, 2.05) is 11.8 Å². The Balaban J connectivity index is 1.81. The number of hydrogen-bond acceptors (Lipinski definition) is 3. The Bertz CT molecular complexity index is 496. The molecule has 7 heteroatoms. The van der Waals surface area contributed by atoms with Crippen LogP contribution in [-0.2, 0) is 6.42 Å². The molecule has 0 saturated carbocycles. The number of urea groups is 1. The predicted octanol–water partition coefficient (Wildman–Crippen LogP) is 2.98. The molecule has 1 aliphatic heterocycles. The molecule has 0 radical (unpaired) electrons. The largest absolute Gasteiger partial charge is 0.435 e. The van der Waals surface area contributed by atoms with Gasteiger partial charge in [-0.25, -0.2) is 4.79 Å². The quantitative estimate of drug-likeness (QED) is 0.872. The van der Waals surface area contributed by atoms with Gasteiger partial charge < -0.3 is 15.0 Å². The second kappa shape index (κ2) is 8.22. The number of amides is 2. The van der Waals surface area contributed by atoms with Crippen LogP contribution in [0.1, 0.15) is 12.0 Å². The van der Waals surface area contributed by atoms with E-state index in [1.54, 1.807) is 30.1 Å². The lowest BCUT2D eigenvalue weighted by atomic mass is 10.1. The van der Waals surface area contributed by atoms with Crippen molar-refractivity contribution in [3.8, 4) is 5.75 Å². The summed E-state index contributed by atoms with van der Waals surface area (Å²) >= 11 is 1.85. The molecule has 22 heavy (non-hydrogen) atoms. The zero-order valence-electron chi connectivity index (χ0n) is 12.4. The lowest BCUT2D eigenvalue weighted by Gasteiger charge is -2.24. The minimum atomic E-state index is -2.85. The molecule has 2 amide bonds. The van der Waals surface area contributed by atoms with Gasteiger partial charge >= 0.3 is 12.6 Å². The average Bonchev–Trinajstić information content (AvgIpc) is 3.01. The van der Waals surface area contributed by atoms with E-state index in [-0.39, 0.29) is 17.8 Å². The molecular weight excluding hydrogens is 310 g/mol. The first-order valence-electron chi connectivity index (χ1n) is 7.19. The molecule has 1 aromatic rings. The minimum absolute atomic E-state index is 0.125. The van der Waals surface area contributed by atoms with Crippen molar-refractivity contribution in [2.45, 2.75) is 25.5 Å². The number of ether oxygens (including phenoxy) is 1. The molecule has 1 N–H and O–H groups in total. The average molecular weight is 330 g/mol. The maximum atomic E-state index is 12.3. The second-order valence-electron chi connectivity index (χ2n) is 5.10. The van der Waals surface area contributed by atoms with E-state index in [2.05, 4.69) is 10.1 Å². The molecule has 1 atom stereocenters. The fourth-order valence-corrected chi connectivity index (χ4v) is 3.61. The fourth-order valence-electron chi connectivity index (χ4n) is 2.34. The number of nitrogens with zero attached hydrogens (tertiary/aromatic N) is 1. The summed E-state index contributed by atoms with van der Waals surface area (Å²) in [5.41, 5.74) is 0.655. The van der Waals surface area contributed by atoms with Gasteiger partial charge in [-0.3, -0.25) is 0 Å². The first kappa shape index (κ1) is 16.9. The van der Waals surface area contributed by atoms with Crippen molar-refractivity contribution in [3.63, 3.8) is 0 Å². The summed E-state index contributed by atoms with van der Waals surface area (Å²) in [7, 11) is 1.79. The van der Waals surface area contributed by atoms with E-state index in [9.17, 15) is 13.6 Å². The van der Waals surface area contributed by atoms with Gasteiger partial charge in [0.2, 0.25) is 0 Å². The number of benzene rings is 1. The van der Waals surface area contributed by atoms with Gasteiger partial charge in [0, 0.05) is 25.4 Å². The Morgan fingerprint density at radius 3 is 2.95 bits per heavy atom. The molecular formula is C15H20F2N2O2S. The van der Waals surface area contributed by atoms with Crippen molar-refractivity contribution >= 4 is 17.8 Å². The molecule has 0 aliphatic carbocycles. The number of nitrogens with one attached hydrogen (secondary N) is 1. The molecule has 4 nitrogen and oxygen atoms in total. The Kier molecular flexibility index (Phi) is 6.30. The summed E-state index contributed by atoms with van der Waals surface area (Å²) in [5.74, 6) is 2.21. The van der Waals surface area contributed by atoms with Crippen LogP contribution in [0.2, 0.25) is 0 Å². The van der Waals surface area contributed by atoms with E-state index in [0.717, 1.165) is 17.9 Å². The van der Waals surface area contributed by atoms with Crippen LogP contribution in [-0.4, -0.2) is 48.7 Å². The van der Waals surface area contributed by atoms with Crippen LogP contribution >= 0.6 is 11.8 Å². The molecule has 0 bridgehead atoms. The Morgan fingerprint density at radius 1 is 1.50 bits per heavy atom. The SMILES string of the molecule is CN(C(=O)NCCc1ccccc1OC(F)F)C1CCSC1. The smallest absolute Gasteiger partial charge is 0.387 e. The molecule has 1 fully saturated rings. The zero-order chi connectivity index (χ0) is 15.9. The first-order chi connectivity index (χ1) is 10.6. The number of carbonyl (C=O) groups is 1. The molecule has 0 aromatic heterocycles. The van der Waals surface area contributed by atoms with Crippen LogP contribution in [0.15, 0.2) is 24.3 Å². The molecule has 1 saturated heterocycles. The molecule has 0 spiro atoms. The van der Waals surface area contributed by atoms with Gasteiger partial charge in [0.25, 0.3) is 0 Å². The van der Waals surface area contributed by atoms with Crippen molar-refractivity contribution in [3.05, 3.63) is 29.8 Å². The summed E-state index contributed by atoms with van der Waals surface area (Å²) in [6.45, 7) is -2.46. The zero-order valence-corrected chi connectivity index (χ0v) is 13.2. The van der Waals surface area contributed by atoms with Crippen molar-refractivity contribution in [1.29, 1.82) is 0 Å². The Labute approximate surface area is 133 Å². The molecule has 2 rings (SSSR count). The van der Waals surface area contributed by atoms with Crippen molar-refractivity contribution in [2.75, 3.05) is 25.1 Å². The van der Waals surface area contributed by atoms with Crippen LogP contribution in [0.3, 0.4) is 0 Å². The number of hydrogen-bond donors (Lipinski definition) is 1. The highest BCUT2D eigenvalue weighted by atomic mass is 32.2. The third kappa shape index (κ3) is 4.76. The van der Waals surface area contributed by atoms with Gasteiger partial charge in [-0.05, 0) is 30.2 Å². The summed E-state index contributed by atoms with van der Waals surface area (Å²) in [6.07, 6.45) is 1.46. The number of carbonyl (C=O) groups excluding carboxylic acids is 1. The Hall–Kier alpha value is -1.50. The van der Waals surface area contributed by atoms with E-state index in [1.165, 1.54) is 6.07 Å². The van der Waals surface area contributed by atoms with Gasteiger partial charge in [0.15, 0.2) is 0 Å². The fraction of sp³-hybridized carbons (Fsp3) is 0.533. The van der Waals surface area contributed by atoms with Crippen LogP contribution < -0.4 is 10.1 Å². The molecule has 1 aromatic carbocycles. The van der Waals surface area contributed by atoms with Crippen molar-refractivity contribution in [1.82, 2.24) is 10.2 Å². The number of para-hydroxylation sites is 1. The lowest BCUT2D eigenvalue weighted by molar-refractivity contribution is -0.0504. The monoisotopic (exact) mass is 330 g/mol. The number of alkyl halides is 2. The second-order valence-corrected chi connectivity index (χ2v) is 6.25. The topological polar surface area (TPSA) is 41.6 Å². The molecule has 1 heterocycles. The summed E-state index contributed by atoms with van der Waals surface area (Å²) in [6, 6.07) is 6.79. The van der Waals surface area contributed by atoms with Gasteiger partial charge in [-0.2, -0.15) is 20.5 Å².